The maximum atomic E-state index is 11.8. The largest absolute Gasteiger partial charge is 0.497 e. The van der Waals surface area contributed by atoms with Crippen molar-refractivity contribution in [2.24, 2.45) is 0 Å². The Balaban J connectivity index is 1.85. The number of carbonyl (C=O) groups is 2. The van der Waals surface area contributed by atoms with E-state index in [-0.39, 0.29) is 12.5 Å². The number of benzene rings is 2. The smallest absolute Gasteiger partial charge is 0.337 e. The molecule has 23 heavy (non-hydrogen) atoms. The topological polar surface area (TPSA) is 73.9 Å². The monoisotopic (exact) mass is 315 g/mol. The van der Waals surface area contributed by atoms with E-state index >= 15 is 0 Å². The van der Waals surface area contributed by atoms with Gasteiger partial charge in [-0.1, -0.05) is 0 Å². The SMILES string of the molecule is COC(=O)c1ccc(NC(=O)COc2ccc(OC)cc2)cc1. The van der Waals surface area contributed by atoms with E-state index in [1.807, 2.05) is 0 Å². The number of methoxy groups -OCH3 is 2. The van der Waals surface area contributed by atoms with E-state index in [1.54, 1.807) is 55.6 Å². The summed E-state index contributed by atoms with van der Waals surface area (Å²) in [7, 11) is 2.89. The molecule has 0 saturated carbocycles. The summed E-state index contributed by atoms with van der Waals surface area (Å²) in [6, 6.07) is 13.3. The molecule has 0 unspecified atom stereocenters. The molecule has 0 aliphatic carbocycles. The third kappa shape index (κ3) is 4.74. The minimum absolute atomic E-state index is 0.120. The van der Waals surface area contributed by atoms with Gasteiger partial charge in [0.15, 0.2) is 6.61 Å². The zero-order chi connectivity index (χ0) is 16.7. The van der Waals surface area contributed by atoms with Crippen LogP contribution in [0.3, 0.4) is 0 Å². The van der Waals surface area contributed by atoms with E-state index in [4.69, 9.17) is 9.47 Å². The van der Waals surface area contributed by atoms with Gasteiger partial charge < -0.3 is 19.5 Å². The first kappa shape index (κ1) is 16.4. The van der Waals surface area contributed by atoms with Crippen LogP contribution in [0.15, 0.2) is 48.5 Å². The summed E-state index contributed by atoms with van der Waals surface area (Å²) in [5.74, 6) is 0.562. The van der Waals surface area contributed by atoms with E-state index in [0.29, 0.717) is 22.7 Å². The van der Waals surface area contributed by atoms with Crippen molar-refractivity contribution in [3.05, 3.63) is 54.1 Å². The molecule has 2 aromatic carbocycles. The molecule has 6 heteroatoms. The summed E-state index contributed by atoms with van der Waals surface area (Å²) in [5, 5.41) is 2.68. The van der Waals surface area contributed by atoms with Crippen molar-refractivity contribution in [1.29, 1.82) is 0 Å². The third-order valence-corrected chi connectivity index (χ3v) is 3.02. The molecule has 0 aliphatic heterocycles. The van der Waals surface area contributed by atoms with Gasteiger partial charge in [-0.25, -0.2) is 4.79 Å². The molecule has 0 aromatic heterocycles. The molecule has 0 spiro atoms. The first-order valence-corrected chi connectivity index (χ1v) is 6.87. The number of ether oxygens (including phenoxy) is 3. The molecule has 0 radical (unpaired) electrons. The highest BCUT2D eigenvalue weighted by Crippen LogP contribution is 2.17. The number of amides is 1. The molecule has 0 atom stereocenters. The Kier molecular flexibility index (Phi) is 5.57. The van der Waals surface area contributed by atoms with Crippen LogP contribution in [0.2, 0.25) is 0 Å². The fraction of sp³-hybridized carbons (Fsp3) is 0.176. The van der Waals surface area contributed by atoms with E-state index in [2.05, 4.69) is 10.1 Å². The first-order valence-electron chi connectivity index (χ1n) is 6.87. The van der Waals surface area contributed by atoms with Crippen molar-refractivity contribution >= 4 is 17.6 Å². The van der Waals surface area contributed by atoms with Crippen LogP contribution in [0.4, 0.5) is 5.69 Å². The fourth-order valence-electron chi connectivity index (χ4n) is 1.83. The van der Waals surface area contributed by atoms with Crippen LogP contribution in [0, 0.1) is 0 Å². The normalized spacial score (nSPS) is 9.83. The Bertz CT molecular complexity index is 664. The molecular weight excluding hydrogens is 298 g/mol. The Labute approximate surface area is 134 Å². The molecule has 0 fully saturated rings. The molecule has 1 N–H and O–H groups in total. The highest BCUT2D eigenvalue weighted by molar-refractivity contribution is 5.93. The van der Waals surface area contributed by atoms with Crippen molar-refractivity contribution in [3.63, 3.8) is 0 Å². The van der Waals surface area contributed by atoms with Gasteiger partial charge in [0.2, 0.25) is 0 Å². The average molecular weight is 315 g/mol. The lowest BCUT2D eigenvalue weighted by Crippen LogP contribution is -2.20. The molecule has 0 saturated heterocycles. The predicted octanol–water partition coefficient (Wildman–Crippen LogP) is 2.50. The van der Waals surface area contributed by atoms with Crippen molar-refractivity contribution in [3.8, 4) is 11.5 Å². The van der Waals surface area contributed by atoms with Crippen LogP contribution >= 0.6 is 0 Å². The summed E-state index contributed by atoms with van der Waals surface area (Å²) in [4.78, 5) is 23.1. The number of carbonyl (C=O) groups excluding carboxylic acids is 2. The summed E-state index contributed by atoms with van der Waals surface area (Å²) >= 11 is 0. The molecule has 2 rings (SSSR count). The lowest BCUT2D eigenvalue weighted by Gasteiger charge is -2.08. The number of hydrogen-bond acceptors (Lipinski definition) is 5. The maximum Gasteiger partial charge on any atom is 0.337 e. The predicted molar refractivity (Wildman–Crippen MR) is 84.9 cm³/mol. The Morgan fingerprint density at radius 1 is 0.913 bits per heavy atom. The van der Waals surface area contributed by atoms with E-state index in [1.165, 1.54) is 7.11 Å². The second-order valence-corrected chi connectivity index (χ2v) is 4.58. The average Bonchev–Trinajstić information content (AvgIpc) is 2.60. The van der Waals surface area contributed by atoms with Crippen molar-refractivity contribution < 1.29 is 23.8 Å². The van der Waals surface area contributed by atoms with Gasteiger partial charge in [0.1, 0.15) is 11.5 Å². The van der Waals surface area contributed by atoms with Gasteiger partial charge in [0, 0.05) is 5.69 Å². The lowest BCUT2D eigenvalue weighted by atomic mass is 10.2. The van der Waals surface area contributed by atoms with Crippen LogP contribution in [0.1, 0.15) is 10.4 Å². The van der Waals surface area contributed by atoms with Crippen LogP contribution in [-0.4, -0.2) is 32.7 Å². The van der Waals surface area contributed by atoms with E-state index in [9.17, 15) is 9.59 Å². The molecule has 0 aliphatic rings. The summed E-state index contributed by atoms with van der Waals surface area (Å²) in [6.45, 7) is -0.120. The summed E-state index contributed by atoms with van der Waals surface area (Å²) in [6.07, 6.45) is 0. The number of hydrogen-bond donors (Lipinski definition) is 1. The molecule has 120 valence electrons. The van der Waals surface area contributed by atoms with Gasteiger partial charge in [0.05, 0.1) is 19.8 Å². The van der Waals surface area contributed by atoms with Gasteiger partial charge in [-0.2, -0.15) is 0 Å². The zero-order valence-electron chi connectivity index (χ0n) is 12.9. The van der Waals surface area contributed by atoms with Gasteiger partial charge in [0.25, 0.3) is 5.91 Å². The fourth-order valence-corrected chi connectivity index (χ4v) is 1.83. The molecule has 1 amide bonds. The molecule has 0 bridgehead atoms. The van der Waals surface area contributed by atoms with Crippen molar-refractivity contribution in [2.75, 3.05) is 26.1 Å². The number of esters is 1. The first-order chi connectivity index (χ1) is 11.1. The minimum atomic E-state index is -0.425. The van der Waals surface area contributed by atoms with Crippen molar-refractivity contribution in [2.45, 2.75) is 0 Å². The Morgan fingerprint density at radius 3 is 2.09 bits per heavy atom. The lowest BCUT2D eigenvalue weighted by molar-refractivity contribution is -0.118. The standard InChI is InChI=1S/C17H17NO5/c1-21-14-7-9-15(10-8-14)23-11-16(19)18-13-5-3-12(4-6-13)17(20)22-2/h3-10H,11H2,1-2H3,(H,18,19). The van der Waals surface area contributed by atoms with E-state index in [0.717, 1.165) is 0 Å². The quantitative estimate of drug-likeness (QED) is 0.829. The van der Waals surface area contributed by atoms with Gasteiger partial charge >= 0.3 is 5.97 Å². The van der Waals surface area contributed by atoms with Gasteiger partial charge in [-0.15, -0.1) is 0 Å². The van der Waals surface area contributed by atoms with Crippen LogP contribution in [0.25, 0.3) is 0 Å². The molecule has 0 heterocycles. The van der Waals surface area contributed by atoms with Gasteiger partial charge in [-0.3, -0.25) is 4.79 Å². The molecule has 6 nitrogen and oxygen atoms in total. The van der Waals surface area contributed by atoms with E-state index < -0.39 is 5.97 Å². The highest BCUT2D eigenvalue weighted by Gasteiger charge is 2.07. The maximum absolute atomic E-state index is 11.8. The van der Waals surface area contributed by atoms with Gasteiger partial charge in [-0.05, 0) is 48.5 Å². The van der Waals surface area contributed by atoms with Crippen LogP contribution < -0.4 is 14.8 Å². The summed E-state index contributed by atoms with van der Waals surface area (Å²) in [5.41, 5.74) is 0.987. The third-order valence-electron chi connectivity index (χ3n) is 3.02. The van der Waals surface area contributed by atoms with Crippen molar-refractivity contribution in [1.82, 2.24) is 0 Å². The zero-order valence-corrected chi connectivity index (χ0v) is 12.9. The molecular formula is C17H17NO5. The Morgan fingerprint density at radius 2 is 1.52 bits per heavy atom. The second-order valence-electron chi connectivity index (χ2n) is 4.58. The second kappa shape index (κ2) is 7.84. The minimum Gasteiger partial charge on any atom is -0.497 e. The van der Waals surface area contributed by atoms with Crippen LogP contribution in [0.5, 0.6) is 11.5 Å². The van der Waals surface area contributed by atoms with Crippen LogP contribution in [-0.2, 0) is 9.53 Å². The summed E-state index contributed by atoms with van der Waals surface area (Å²) < 4.78 is 15.0. The Hall–Kier alpha value is -3.02. The number of nitrogens with one attached hydrogen (secondary N) is 1. The number of rotatable bonds is 6. The highest BCUT2D eigenvalue weighted by atomic mass is 16.5. The molecule has 2 aromatic rings. The number of anilines is 1.